The van der Waals surface area contributed by atoms with Crippen LogP contribution < -0.4 is 15.7 Å². The van der Waals surface area contributed by atoms with E-state index in [-0.39, 0.29) is 22.7 Å². The van der Waals surface area contributed by atoms with Gasteiger partial charge in [-0.25, -0.2) is 13.6 Å². The number of aryl methyl sites for hydroxylation is 2. The van der Waals surface area contributed by atoms with Gasteiger partial charge in [0.1, 0.15) is 35.0 Å². The molecular formula is C27H26F2N4O3. The van der Waals surface area contributed by atoms with E-state index in [1.54, 1.807) is 27.0 Å². The van der Waals surface area contributed by atoms with Crippen molar-refractivity contribution in [1.82, 2.24) is 14.3 Å². The summed E-state index contributed by atoms with van der Waals surface area (Å²) >= 11 is 0. The maximum absolute atomic E-state index is 15.3. The van der Waals surface area contributed by atoms with Crippen LogP contribution in [0, 0.1) is 18.6 Å². The van der Waals surface area contributed by atoms with E-state index in [1.165, 1.54) is 22.8 Å². The van der Waals surface area contributed by atoms with Crippen molar-refractivity contribution in [3.05, 3.63) is 105 Å². The molecule has 0 radical (unpaired) electrons. The first-order valence-electron chi connectivity index (χ1n) is 11.5. The summed E-state index contributed by atoms with van der Waals surface area (Å²) in [5, 5.41) is 6.74. The Morgan fingerprint density at radius 1 is 1.08 bits per heavy atom. The number of carbonyl (C=O) groups is 1. The summed E-state index contributed by atoms with van der Waals surface area (Å²) in [5.74, 6) is -1.74. The first kappa shape index (κ1) is 24.8. The lowest BCUT2D eigenvalue weighted by atomic mass is 10.1. The number of anilines is 1. The highest BCUT2D eigenvalue weighted by Crippen LogP contribution is 2.31. The Labute approximate surface area is 207 Å². The summed E-state index contributed by atoms with van der Waals surface area (Å²) in [4.78, 5) is 25.9. The number of nitrogens with one attached hydrogen (secondary N) is 1. The molecule has 0 saturated heterocycles. The van der Waals surface area contributed by atoms with Crippen LogP contribution in [0.3, 0.4) is 0 Å². The number of para-hydroxylation sites is 1. The number of aromatic nitrogens is 3. The number of benzene rings is 3. The summed E-state index contributed by atoms with van der Waals surface area (Å²) in [6.45, 7) is 5.26. The molecule has 0 fully saturated rings. The van der Waals surface area contributed by atoms with Crippen molar-refractivity contribution in [2.45, 2.75) is 33.3 Å². The third kappa shape index (κ3) is 4.77. The number of rotatable bonds is 7. The average molecular weight is 493 g/mol. The fraction of sp³-hybridized carbons (Fsp3) is 0.222. The quantitative estimate of drug-likeness (QED) is 0.389. The van der Waals surface area contributed by atoms with Gasteiger partial charge in [-0.3, -0.25) is 9.36 Å². The van der Waals surface area contributed by atoms with Gasteiger partial charge < -0.3 is 10.1 Å². The van der Waals surface area contributed by atoms with Gasteiger partial charge in [-0.1, -0.05) is 49.4 Å². The second-order valence-corrected chi connectivity index (χ2v) is 8.38. The van der Waals surface area contributed by atoms with Gasteiger partial charge in [0.15, 0.2) is 0 Å². The number of amides is 1. The third-order valence-electron chi connectivity index (χ3n) is 5.94. The Kier molecular flexibility index (Phi) is 7.00. The van der Waals surface area contributed by atoms with Gasteiger partial charge in [0.05, 0.1) is 11.3 Å². The van der Waals surface area contributed by atoms with E-state index < -0.39 is 29.3 Å². The van der Waals surface area contributed by atoms with Gasteiger partial charge in [0, 0.05) is 19.5 Å². The molecule has 0 aliphatic carbocycles. The largest absolute Gasteiger partial charge is 0.485 e. The van der Waals surface area contributed by atoms with Crippen molar-refractivity contribution in [2.24, 2.45) is 7.05 Å². The number of ether oxygens (including phenoxy) is 1. The number of nitrogens with zero attached hydrogens (tertiary/aromatic N) is 3. The zero-order chi connectivity index (χ0) is 26.0. The van der Waals surface area contributed by atoms with Crippen LogP contribution in [0.25, 0.3) is 5.69 Å². The van der Waals surface area contributed by atoms with Crippen molar-refractivity contribution in [3.8, 4) is 11.4 Å². The van der Waals surface area contributed by atoms with Crippen molar-refractivity contribution in [2.75, 3.05) is 5.32 Å². The molecule has 1 unspecified atom stereocenters. The lowest BCUT2D eigenvalue weighted by Crippen LogP contribution is -2.23. The van der Waals surface area contributed by atoms with Gasteiger partial charge >= 0.3 is 5.69 Å². The van der Waals surface area contributed by atoms with Gasteiger partial charge in [-0.15, -0.1) is 5.10 Å². The minimum absolute atomic E-state index is 0.0115. The molecule has 0 bridgehead atoms. The molecule has 4 aromatic rings. The monoisotopic (exact) mass is 492 g/mol. The highest BCUT2D eigenvalue weighted by Gasteiger charge is 2.23. The molecule has 1 amide bonds. The molecule has 9 heteroatoms. The van der Waals surface area contributed by atoms with Crippen LogP contribution in [0.5, 0.6) is 5.75 Å². The molecule has 0 spiro atoms. The third-order valence-corrected chi connectivity index (χ3v) is 5.94. The van der Waals surface area contributed by atoms with Gasteiger partial charge in [0.25, 0.3) is 5.91 Å². The molecule has 4 rings (SSSR count). The topological polar surface area (TPSA) is 78.2 Å². The Bertz CT molecular complexity index is 1460. The lowest BCUT2D eigenvalue weighted by molar-refractivity contribution is 0.101. The van der Waals surface area contributed by atoms with Gasteiger partial charge in [-0.05, 0) is 37.1 Å². The lowest BCUT2D eigenvalue weighted by Gasteiger charge is -2.19. The molecule has 0 saturated carbocycles. The zero-order valence-corrected chi connectivity index (χ0v) is 20.4. The molecule has 3 aromatic carbocycles. The molecule has 186 valence electrons. The second-order valence-electron chi connectivity index (χ2n) is 8.38. The smallest absolute Gasteiger partial charge is 0.350 e. The van der Waals surface area contributed by atoms with Crippen molar-refractivity contribution >= 4 is 11.6 Å². The molecule has 1 heterocycles. The van der Waals surface area contributed by atoms with E-state index >= 15 is 4.39 Å². The van der Waals surface area contributed by atoms with Crippen LogP contribution in [0.4, 0.5) is 14.5 Å². The number of hydrogen-bond acceptors (Lipinski definition) is 4. The standard InChI is InChI=1S/C27H26F2N4O3/c1-5-24-31-33(27(35)32(24)4)22-15-23(36-17(3)18-11-7-6-8-12-18)19(14-21(22)29)26(34)30-25-16(2)10-9-13-20(25)28/h6-15,17H,5H2,1-4H3,(H,30,34). The molecule has 1 N–H and O–H groups in total. The van der Waals surface area contributed by atoms with Crippen LogP contribution in [-0.4, -0.2) is 20.3 Å². The predicted octanol–water partition coefficient (Wildman–Crippen LogP) is 5.11. The normalized spacial score (nSPS) is 11.8. The minimum Gasteiger partial charge on any atom is -0.485 e. The van der Waals surface area contributed by atoms with Crippen LogP contribution in [0.15, 0.2) is 65.5 Å². The van der Waals surface area contributed by atoms with E-state index in [0.29, 0.717) is 17.8 Å². The fourth-order valence-corrected chi connectivity index (χ4v) is 3.88. The van der Waals surface area contributed by atoms with Crippen molar-refractivity contribution < 1.29 is 18.3 Å². The summed E-state index contributed by atoms with van der Waals surface area (Å²) in [6.07, 6.45) is -0.0463. The van der Waals surface area contributed by atoms with E-state index in [4.69, 9.17) is 4.74 Å². The van der Waals surface area contributed by atoms with Crippen LogP contribution in [0.2, 0.25) is 0 Å². The molecule has 1 atom stereocenters. The highest BCUT2D eigenvalue weighted by atomic mass is 19.1. The molecule has 36 heavy (non-hydrogen) atoms. The maximum atomic E-state index is 15.3. The Morgan fingerprint density at radius 2 is 1.81 bits per heavy atom. The Balaban J connectivity index is 1.82. The van der Waals surface area contributed by atoms with Gasteiger partial charge in [0.2, 0.25) is 0 Å². The molecular weight excluding hydrogens is 466 g/mol. The number of carbonyl (C=O) groups excluding carboxylic acids is 1. The molecule has 1 aromatic heterocycles. The Hall–Kier alpha value is -4.27. The van der Waals surface area contributed by atoms with E-state index in [0.717, 1.165) is 16.3 Å². The summed E-state index contributed by atoms with van der Waals surface area (Å²) in [5.41, 5.74) is 0.468. The minimum atomic E-state index is -0.854. The van der Waals surface area contributed by atoms with E-state index in [9.17, 15) is 14.0 Å². The summed E-state index contributed by atoms with van der Waals surface area (Å²) < 4.78 is 38.1. The fourth-order valence-electron chi connectivity index (χ4n) is 3.88. The summed E-state index contributed by atoms with van der Waals surface area (Å²) in [7, 11) is 1.55. The van der Waals surface area contributed by atoms with E-state index in [2.05, 4.69) is 10.4 Å². The van der Waals surface area contributed by atoms with Crippen LogP contribution >= 0.6 is 0 Å². The van der Waals surface area contributed by atoms with Crippen LogP contribution in [-0.2, 0) is 13.5 Å². The Morgan fingerprint density at radius 3 is 2.44 bits per heavy atom. The average Bonchev–Trinajstić information content (AvgIpc) is 3.16. The predicted molar refractivity (Wildman–Crippen MR) is 133 cm³/mol. The SMILES string of the molecule is CCc1nn(-c2cc(OC(C)c3ccccc3)c(C(=O)Nc3c(C)cccc3F)cc2F)c(=O)n1C. The molecule has 7 nitrogen and oxygen atoms in total. The zero-order valence-electron chi connectivity index (χ0n) is 20.4. The van der Waals surface area contributed by atoms with Crippen LogP contribution in [0.1, 0.15) is 47.3 Å². The number of hydrogen-bond donors (Lipinski definition) is 1. The molecule has 0 aliphatic rings. The first-order chi connectivity index (χ1) is 17.2. The van der Waals surface area contributed by atoms with E-state index in [1.807, 2.05) is 37.3 Å². The van der Waals surface area contributed by atoms with Gasteiger partial charge in [-0.2, -0.15) is 4.68 Å². The molecule has 0 aliphatic heterocycles. The number of halogens is 2. The highest BCUT2D eigenvalue weighted by molar-refractivity contribution is 6.06. The van der Waals surface area contributed by atoms with Crippen molar-refractivity contribution in [1.29, 1.82) is 0 Å². The first-order valence-corrected chi connectivity index (χ1v) is 11.5. The second kappa shape index (κ2) is 10.2. The van der Waals surface area contributed by atoms with Crippen molar-refractivity contribution in [3.63, 3.8) is 0 Å². The summed E-state index contributed by atoms with van der Waals surface area (Å²) in [6, 6.07) is 15.9. The maximum Gasteiger partial charge on any atom is 0.350 e.